The van der Waals surface area contributed by atoms with Crippen LogP contribution >= 0.6 is 11.3 Å². The number of nitrogens with one attached hydrogen (secondary N) is 1. The lowest BCUT2D eigenvalue weighted by molar-refractivity contribution is 0.537. The minimum Gasteiger partial charge on any atom is -0.367 e. The smallest absolute Gasteiger partial charge is 0.0522 e. The zero-order chi connectivity index (χ0) is 15.1. The minimum atomic E-state index is 0.469. The number of nitrogens with zero attached hydrogens (tertiary/aromatic N) is 1. The summed E-state index contributed by atoms with van der Waals surface area (Å²) in [5, 5.41) is 5.68. The van der Waals surface area contributed by atoms with Crippen LogP contribution in [0.3, 0.4) is 0 Å². The van der Waals surface area contributed by atoms with Crippen LogP contribution in [-0.2, 0) is 6.54 Å². The molecule has 2 aromatic rings. The van der Waals surface area contributed by atoms with E-state index in [1.165, 1.54) is 16.1 Å². The molecule has 1 atom stereocenters. The van der Waals surface area contributed by atoms with Crippen LogP contribution in [0, 0.1) is 0 Å². The summed E-state index contributed by atoms with van der Waals surface area (Å²) in [6.07, 6.45) is 1.12. The monoisotopic (exact) mass is 302 g/mol. The highest BCUT2D eigenvalue weighted by molar-refractivity contribution is 7.09. The molecule has 21 heavy (non-hydrogen) atoms. The van der Waals surface area contributed by atoms with E-state index in [0.29, 0.717) is 6.04 Å². The van der Waals surface area contributed by atoms with Crippen LogP contribution in [-0.4, -0.2) is 13.1 Å². The molecule has 0 fully saturated rings. The summed E-state index contributed by atoms with van der Waals surface area (Å²) in [5.74, 6) is 0. The van der Waals surface area contributed by atoms with Crippen LogP contribution in [0.2, 0.25) is 0 Å². The molecule has 1 N–H and O–H groups in total. The molecule has 0 aliphatic rings. The number of rotatable bonds is 8. The fourth-order valence-corrected chi connectivity index (χ4v) is 3.36. The molecule has 3 heteroatoms. The van der Waals surface area contributed by atoms with Crippen LogP contribution in [0.25, 0.3) is 0 Å². The molecule has 0 amide bonds. The van der Waals surface area contributed by atoms with Gasteiger partial charge in [0.15, 0.2) is 0 Å². The summed E-state index contributed by atoms with van der Waals surface area (Å²) in [6.45, 7) is 9.65. The van der Waals surface area contributed by atoms with Gasteiger partial charge in [-0.3, -0.25) is 0 Å². The number of hydrogen-bond acceptors (Lipinski definition) is 3. The summed E-state index contributed by atoms with van der Waals surface area (Å²) in [6, 6.07) is 13.8. The van der Waals surface area contributed by atoms with E-state index in [1.807, 2.05) is 11.3 Å². The van der Waals surface area contributed by atoms with Crippen molar-refractivity contribution >= 4 is 17.0 Å². The van der Waals surface area contributed by atoms with Gasteiger partial charge in [0.1, 0.15) is 0 Å². The average molecular weight is 302 g/mol. The number of anilines is 1. The van der Waals surface area contributed by atoms with Crippen molar-refractivity contribution in [1.29, 1.82) is 0 Å². The van der Waals surface area contributed by atoms with Gasteiger partial charge in [0.25, 0.3) is 0 Å². The van der Waals surface area contributed by atoms with E-state index in [-0.39, 0.29) is 0 Å². The maximum atomic E-state index is 3.54. The Bertz CT molecular complexity index is 505. The van der Waals surface area contributed by atoms with Gasteiger partial charge in [-0.25, -0.2) is 0 Å². The number of benzene rings is 1. The molecule has 2 nitrogen and oxygen atoms in total. The van der Waals surface area contributed by atoms with Gasteiger partial charge < -0.3 is 10.2 Å². The third-order valence-corrected chi connectivity index (χ3v) is 4.69. The van der Waals surface area contributed by atoms with Gasteiger partial charge in [-0.15, -0.1) is 11.3 Å². The number of thiophene rings is 1. The third kappa shape index (κ3) is 4.32. The molecule has 0 radical (unpaired) electrons. The predicted molar refractivity (Wildman–Crippen MR) is 94.2 cm³/mol. The van der Waals surface area contributed by atoms with E-state index in [1.54, 1.807) is 0 Å². The fourth-order valence-electron chi connectivity index (χ4n) is 2.64. The van der Waals surface area contributed by atoms with Crippen LogP contribution in [0.5, 0.6) is 0 Å². The molecule has 0 bridgehead atoms. The van der Waals surface area contributed by atoms with E-state index in [2.05, 4.69) is 72.8 Å². The van der Waals surface area contributed by atoms with Gasteiger partial charge in [-0.05, 0) is 49.0 Å². The molecule has 114 valence electrons. The molecule has 2 rings (SSSR count). The van der Waals surface area contributed by atoms with Crippen molar-refractivity contribution in [1.82, 2.24) is 5.32 Å². The van der Waals surface area contributed by atoms with Crippen molar-refractivity contribution in [3.05, 3.63) is 52.2 Å². The Kier molecular flexibility index (Phi) is 6.27. The number of hydrogen-bond donors (Lipinski definition) is 1. The first-order chi connectivity index (χ1) is 10.3. The van der Waals surface area contributed by atoms with E-state index >= 15 is 0 Å². The Morgan fingerprint density at radius 3 is 2.38 bits per heavy atom. The van der Waals surface area contributed by atoms with E-state index < -0.39 is 0 Å². The lowest BCUT2D eigenvalue weighted by Crippen LogP contribution is -2.22. The normalized spacial score (nSPS) is 12.3. The van der Waals surface area contributed by atoms with Crippen LogP contribution in [0.1, 0.15) is 43.7 Å². The minimum absolute atomic E-state index is 0.469. The highest BCUT2D eigenvalue weighted by Crippen LogP contribution is 2.23. The Labute approximate surface area is 132 Å². The van der Waals surface area contributed by atoms with Gasteiger partial charge >= 0.3 is 0 Å². The zero-order valence-corrected chi connectivity index (χ0v) is 14.1. The second kappa shape index (κ2) is 8.20. The quantitative estimate of drug-likeness (QED) is 0.751. The Balaban J connectivity index is 2.08. The topological polar surface area (TPSA) is 15.3 Å². The molecule has 0 saturated carbocycles. The molecule has 0 aliphatic heterocycles. The van der Waals surface area contributed by atoms with E-state index in [0.717, 1.165) is 26.1 Å². The maximum Gasteiger partial charge on any atom is 0.0522 e. The van der Waals surface area contributed by atoms with Gasteiger partial charge in [0.05, 0.1) is 6.54 Å². The van der Waals surface area contributed by atoms with Crippen LogP contribution < -0.4 is 10.2 Å². The average Bonchev–Trinajstić information content (AvgIpc) is 3.03. The lowest BCUT2D eigenvalue weighted by Gasteiger charge is -2.24. The molecule has 1 aromatic carbocycles. The van der Waals surface area contributed by atoms with Crippen molar-refractivity contribution in [3.8, 4) is 0 Å². The molecular weight excluding hydrogens is 276 g/mol. The molecule has 0 spiro atoms. The molecule has 0 saturated heterocycles. The second-order valence-electron chi connectivity index (χ2n) is 5.20. The molecule has 1 aromatic heterocycles. The zero-order valence-electron chi connectivity index (χ0n) is 13.3. The molecule has 0 aliphatic carbocycles. The third-order valence-electron chi connectivity index (χ3n) is 3.83. The van der Waals surface area contributed by atoms with Crippen molar-refractivity contribution < 1.29 is 0 Å². The summed E-state index contributed by atoms with van der Waals surface area (Å²) >= 11 is 1.83. The summed E-state index contributed by atoms with van der Waals surface area (Å²) in [7, 11) is 0. The van der Waals surface area contributed by atoms with Gasteiger partial charge in [0, 0.05) is 23.2 Å². The van der Waals surface area contributed by atoms with Crippen molar-refractivity contribution in [3.63, 3.8) is 0 Å². The standard InChI is InChI=1S/C18H26N2S/c1-4-18(19-5-2)15-9-11-16(12-10-15)20(6-3)14-17-8-7-13-21-17/h7-13,18-19H,4-6,14H2,1-3H3. The van der Waals surface area contributed by atoms with Crippen molar-refractivity contribution in [2.75, 3.05) is 18.0 Å². The molecule has 1 heterocycles. The van der Waals surface area contributed by atoms with E-state index in [4.69, 9.17) is 0 Å². The van der Waals surface area contributed by atoms with Gasteiger partial charge in [-0.2, -0.15) is 0 Å². The fraction of sp³-hybridized carbons (Fsp3) is 0.444. The SMILES string of the molecule is CCNC(CC)c1ccc(N(CC)Cc2cccs2)cc1. The highest BCUT2D eigenvalue weighted by Gasteiger charge is 2.10. The Hall–Kier alpha value is -1.32. The van der Waals surface area contributed by atoms with Crippen molar-refractivity contribution in [2.45, 2.75) is 39.8 Å². The van der Waals surface area contributed by atoms with Gasteiger partial charge in [0.2, 0.25) is 0 Å². The van der Waals surface area contributed by atoms with Crippen LogP contribution in [0.15, 0.2) is 41.8 Å². The first kappa shape index (κ1) is 16.1. The first-order valence-corrected chi connectivity index (χ1v) is 8.77. The van der Waals surface area contributed by atoms with Crippen molar-refractivity contribution in [2.24, 2.45) is 0 Å². The molecule has 1 unspecified atom stereocenters. The second-order valence-corrected chi connectivity index (χ2v) is 6.24. The Morgan fingerprint density at radius 2 is 1.86 bits per heavy atom. The largest absolute Gasteiger partial charge is 0.367 e. The predicted octanol–water partition coefficient (Wildman–Crippen LogP) is 4.84. The Morgan fingerprint density at radius 1 is 1.10 bits per heavy atom. The maximum absolute atomic E-state index is 3.54. The highest BCUT2D eigenvalue weighted by atomic mass is 32.1. The van der Waals surface area contributed by atoms with Crippen LogP contribution in [0.4, 0.5) is 5.69 Å². The van der Waals surface area contributed by atoms with Gasteiger partial charge in [-0.1, -0.05) is 32.0 Å². The first-order valence-electron chi connectivity index (χ1n) is 7.89. The summed E-state index contributed by atoms with van der Waals surface area (Å²) in [4.78, 5) is 3.84. The summed E-state index contributed by atoms with van der Waals surface area (Å²) in [5.41, 5.74) is 2.69. The molecular formula is C18H26N2S. The lowest BCUT2D eigenvalue weighted by atomic mass is 10.0. The summed E-state index contributed by atoms with van der Waals surface area (Å²) < 4.78 is 0. The van der Waals surface area contributed by atoms with E-state index in [9.17, 15) is 0 Å².